The Kier molecular flexibility index (Phi) is 4.62. The third kappa shape index (κ3) is 3.59. The van der Waals surface area contributed by atoms with Crippen molar-refractivity contribution in [1.29, 1.82) is 0 Å². The van der Waals surface area contributed by atoms with Crippen LogP contribution in [0.15, 0.2) is 30.3 Å². The van der Waals surface area contributed by atoms with Gasteiger partial charge in [0.25, 0.3) is 0 Å². The second kappa shape index (κ2) is 6.23. The Balaban J connectivity index is 1.99. The van der Waals surface area contributed by atoms with Crippen LogP contribution in [0, 0.1) is 17.8 Å². The molecule has 0 amide bonds. The lowest BCUT2D eigenvalue weighted by Crippen LogP contribution is -2.33. The van der Waals surface area contributed by atoms with Crippen LogP contribution in [0.5, 0.6) is 0 Å². The van der Waals surface area contributed by atoms with Crippen molar-refractivity contribution in [2.24, 2.45) is 17.8 Å². The molecule has 2 rings (SSSR count). The first-order valence-corrected chi connectivity index (χ1v) is 7.34. The highest BCUT2D eigenvalue weighted by atomic mass is 16.5. The maximum Gasteiger partial charge on any atom is 0.338 e. The minimum absolute atomic E-state index is 0.0776. The van der Waals surface area contributed by atoms with Crippen molar-refractivity contribution in [1.82, 2.24) is 0 Å². The van der Waals surface area contributed by atoms with Gasteiger partial charge >= 0.3 is 5.97 Å². The van der Waals surface area contributed by atoms with Gasteiger partial charge in [0.2, 0.25) is 0 Å². The van der Waals surface area contributed by atoms with Gasteiger partial charge in [0.1, 0.15) is 6.10 Å². The quantitative estimate of drug-likeness (QED) is 0.757. The van der Waals surface area contributed by atoms with Crippen molar-refractivity contribution in [2.75, 3.05) is 0 Å². The van der Waals surface area contributed by atoms with Crippen LogP contribution in [0.4, 0.5) is 0 Å². The van der Waals surface area contributed by atoms with Gasteiger partial charge in [0, 0.05) is 0 Å². The average Bonchev–Trinajstić information content (AvgIpc) is 2.42. The highest BCUT2D eigenvalue weighted by Crippen LogP contribution is 2.35. The number of ether oxygens (including phenoxy) is 1. The van der Waals surface area contributed by atoms with E-state index in [1.54, 1.807) is 0 Å². The molecule has 0 bridgehead atoms. The van der Waals surface area contributed by atoms with Gasteiger partial charge in [-0.05, 0) is 49.1 Å². The lowest BCUT2D eigenvalue weighted by atomic mass is 9.76. The molecule has 1 aromatic carbocycles. The number of rotatable bonds is 3. The summed E-state index contributed by atoms with van der Waals surface area (Å²) in [5.41, 5.74) is 0.654. The molecule has 0 N–H and O–H groups in total. The van der Waals surface area contributed by atoms with E-state index in [2.05, 4.69) is 20.8 Å². The minimum Gasteiger partial charge on any atom is -0.458 e. The third-order valence-corrected chi connectivity index (χ3v) is 4.37. The molecule has 1 aliphatic rings. The monoisotopic (exact) mass is 260 g/mol. The normalized spacial score (nSPS) is 27.3. The summed E-state index contributed by atoms with van der Waals surface area (Å²) in [5, 5.41) is 0. The van der Waals surface area contributed by atoms with E-state index >= 15 is 0 Å². The maximum atomic E-state index is 12.1. The summed E-state index contributed by atoms with van der Waals surface area (Å²) < 4.78 is 5.73. The number of esters is 1. The molecule has 19 heavy (non-hydrogen) atoms. The molecule has 1 aromatic rings. The smallest absolute Gasteiger partial charge is 0.338 e. The van der Waals surface area contributed by atoms with Crippen molar-refractivity contribution in [3.8, 4) is 0 Å². The van der Waals surface area contributed by atoms with E-state index < -0.39 is 0 Å². The van der Waals surface area contributed by atoms with Gasteiger partial charge in [-0.2, -0.15) is 0 Å². The van der Waals surface area contributed by atoms with Crippen LogP contribution >= 0.6 is 0 Å². The Bertz CT molecular complexity index is 411. The Hall–Kier alpha value is -1.31. The highest BCUT2D eigenvalue weighted by Gasteiger charge is 2.31. The second-order valence-electron chi connectivity index (χ2n) is 6.10. The van der Waals surface area contributed by atoms with Gasteiger partial charge < -0.3 is 4.74 Å². The molecule has 2 nitrogen and oxygen atoms in total. The Morgan fingerprint density at radius 2 is 1.89 bits per heavy atom. The summed E-state index contributed by atoms with van der Waals surface area (Å²) in [5.74, 6) is 1.65. The number of carbonyl (C=O) groups excluding carboxylic acids is 1. The van der Waals surface area contributed by atoms with Gasteiger partial charge in [-0.15, -0.1) is 0 Å². The second-order valence-corrected chi connectivity index (χ2v) is 6.10. The standard InChI is InChI=1S/C17H24O2/c1-12(2)15-10-9-13(3)16(11-15)19-17(18)14-7-5-4-6-8-14/h4-8,12-13,15-16H,9-11H2,1-3H3/t13-,15-,16+/m1/s1. The molecule has 0 aliphatic heterocycles. The Labute approximate surface area is 116 Å². The molecule has 3 atom stereocenters. The summed E-state index contributed by atoms with van der Waals surface area (Å²) in [7, 11) is 0. The highest BCUT2D eigenvalue weighted by molar-refractivity contribution is 5.89. The first-order chi connectivity index (χ1) is 9.08. The lowest BCUT2D eigenvalue weighted by molar-refractivity contribution is -0.00950. The van der Waals surface area contributed by atoms with E-state index in [-0.39, 0.29) is 12.1 Å². The fourth-order valence-electron chi connectivity index (χ4n) is 2.86. The number of carbonyl (C=O) groups is 1. The summed E-state index contributed by atoms with van der Waals surface area (Å²) in [6, 6.07) is 9.29. The van der Waals surface area contributed by atoms with Gasteiger partial charge in [-0.25, -0.2) is 4.79 Å². The molecule has 104 valence electrons. The van der Waals surface area contributed by atoms with Crippen LogP contribution in [-0.4, -0.2) is 12.1 Å². The zero-order chi connectivity index (χ0) is 13.8. The van der Waals surface area contributed by atoms with Crippen LogP contribution in [0.2, 0.25) is 0 Å². The fraction of sp³-hybridized carbons (Fsp3) is 0.588. The van der Waals surface area contributed by atoms with E-state index in [4.69, 9.17) is 4.74 Å². The Morgan fingerprint density at radius 3 is 2.53 bits per heavy atom. The predicted molar refractivity (Wildman–Crippen MR) is 77.0 cm³/mol. The first kappa shape index (κ1) is 14.1. The van der Waals surface area contributed by atoms with Crippen molar-refractivity contribution in [3.05, 3.63) is 35.9 Å². The summed E-state index contributed by atoms with van der Waals surface area (Å²) in [4.78, 5) is 12.1. The molecule has 1 saturated carbocycles. The molecule has 0 unspecified atom stereocenters. The molecule has 0 saturated heterocycles. The van der Waals surface area contributed by atoms with Crippen LogP contribution in [0.3, 0.4) is 0 Å². The number of hydrogen-bond donors (Lipinski definition) is 0. The van der Waals surface area contributed by atoms with Crippen LogP contribution in [-0.2, 0) is 4.74 Å². The maximum absolute atomic E-state index is 12.1. The first-order valence-electron chi connectivity index (χ1n) is 7.34. The molecule has 0 heterocycles. The molecule has 1 aliphatic carbocycles. The van der Waals surface area contributed by atoms with Gasteiger partial charge in [-0.1, -0.05) is 39.0 Å². The van der Waals surface area contributed by atoms with E-state index in [9.17, 15) is 4.79 Å². The SMILES string of the molecule is CC(C)[C@@H]1CC[C@@H](C)[C@@H](OC(=O)c2ccccc2)C1. The van der Waals surface area contributed by atoms with Crippen molar-refractivity contribution < 1.29 is 9.53 Å². The molecule has 0 radical (unpaired) electrons. The zero-order valence-electron chi connectivity index (χ0n) is 12.1. The van der Waals surface area contributed by atoms with Crippen LogP contribution < -0.4 is 0 Å². The Morgan fingerprint density at radius 1 is 1.21 bits per heavy atom. The summed E-state index contributed by atoms with van der Waals surface area (Å²) in [6.45, 7) is 6.72. The molecule has 1 fully saturated rings. The largest absolute Gasteiger partial charge is 0.458 e. The fourth-order valence-corrected chi connectivity index (χ4v) is 2.86. The minimum atomic E-state index is -0.179. The molecular formula is C17H24O2. The van der Waals surface area contributed by atoms with Crippen LogP contribution in [0.25, 0.3) is 0 Å². The van der Waals surface area contributed by atoms with Crippen molar-refractivity contribution >= 4 is 5.97 Å². The number of hydrogen-bond acceptors (Lipinski definition) is 2. The van der Waals surface area contributed by atoms with Crippen LogP contribution in [0.1, 0.15) is 50.4 Å². The zero-order valence-corrected chi connectivity index (χ0v) is 12.1. The number of benzene rings is 1. The van der Waals surface area contributed by atoms with Gasteiger partial charge in [0.05, 0.1) is 5.56 Å². The molecule has 0 spiro atoms. The van der Waals surface area contributed by atoms with E-state index in [1.165, 1.54) is 6.42 Å². The molecular weight excluding hydrogens is 236 g/mol. The van der Waals surface area contributed by atoms with Gasteiger partial charge in [-0.3, -0.25) is 0 Å². The predicted octanol–water partition coefficient (Wildman–Crippen LogP) is 4.30. The molecule has 2 heteroatoms. The lowest BCUT2D eigenvalue weighted by Gasteiger charge is -2.35. The van der Waals surface area contributed by atoms with Gasteiger partial charge in [0.15, 0.2) is 0 Å². The van der Waals surface area contributed by atoms with E-state index in [1.807, 2.05) is 30.3 Å². The van der Waals surface area contributed by atoms with Crippen molar-refractivity contribution in [3.63, 3.8) is 0 Å². The summed E-state index contributed by atoms with van der Waals surface area (Å²) >= 11 is 0. The van der Waals surface area contributed by atoms with E-state index in [0.29, 0.717) is 23.3 Å². The average molecular weight is 260 g/mol. The van der Waals surface area contributed by atoms with Crippen molar-refractivity contribution in [2.45, 2.75) is 46.1 Å². The van der Waals surface area contributed by atoms with E-state index in [0.717, 1.165) is 12.8 Å². The summed E-state index contributed by atoms with van der Waals surface area (Å²) in [6.07, 6.45) is 3.51. The topological polar surface area (TPSA) is 26.3 Å². The molecule has 0 aromatic heterocycles. The third-order valence-electron chi connectivity index (χ3n) is 4.37.